The molecule has 1 atom stereocenters. The number of halogens is 1. The molecule has 0 bridgehead atoms. The van der Waals surface area contributed by atoms with Crippen LogP contribution in [0.15, 0.2) is 28.7 Å². The van der Waals surface area contributed by atoms with E-state index in [2.05, 4.69) is 15.9 Å². The molecule has 0 spiro atoms. The summed E-state index contributed by atoms with van der Waals surface area (Å²) in [7, 11) is 0. The molecule has 1 aliphatic heterocycles. The summed E-state index contributed by atoms with van der Waals surface area (Å²) in [6.45, 7) is 0.586. The summed E-state index contributed by atoms with van der Waals surface area (Å²) in [5, 5.41) is 9.35. The highest BCUT2D eigenvalue weighted by Gasteiger charge is 2.26. The molecule has 0 aliphatic carbocycles. The maximum Gasteiger partial charge on any atom is 0.229 e. The van der Waals surface area contributed by atoms with Crippen LogP contribution >= 0.6 is 15.9 Å². The van der Waals surface area contributed by atoms with Crippen molar-refractivity contribution in [2.45, 2.75) is 18.9 Å². The SMILES string of the molecule is O=C1CC(O)CCN1c1ccccc1Br. The first kappa shape index (κ1) is 10.6. The molecule has 3 nitrogen and oxygen atoms in total. The molecule has 1 heterocycles. The Morgan fingerprint density at radius 2 is 2.13 bits per heavy atom. The zero-order valence-electron chi connectivity index (χ0n) is 8.19. The number of carbonyl (C=O) groups excluding carboxylic acids is 1. The Kier molecular flexibility index (Phi) is 3.07. The monoisotopic (exact) mass is 269 g/mol. The largest absolute Gasteiger partial charge is 0.393 e. The van der Waals surface area contributed by atoms with Crippen molar-refractivity contribution in [2.24, 2.45) is 0 Å². The predicted molar refractivity (Wildman–Crippen MR) is 61.7 cm³/mol. The molecule has 1 saturated heterocycles. The molecule has 1 amide bonds. The number of nitrogens with zero attached hydrogens (tertiary/aromatic N) is 1. The minimum absolute atomic E-state index is 0.0133. The second kappa shape index (κ2) is 4.33. The Morgan fingerprint density at radius 1 is 1.40 bits per heavy atom. The minimum Gasteiger partial charge on any atom is -0.393 e. The van der Waals surface area contributed by atoms with Gasteiger partial charge in [0.05, 0.1) is 18.2 Å². The van der Waals surface area contributed by atoms with Crippen LogP contribution in [0.5, 0.6) is 0 Å². The summed E-state index contributed by atoms with van der Waals surface area (Å²) >= 11 is 3.42. The number of anilines is 1. The second-order valence-corrected chi connectivity index (χ2v) is 4.50. The molecule has 0 radical (unpaired) electrons. The van der Waals surface area contributed by atoms with Crippen molar-refractivity contribution in [1.82, 2.24) is 0 Å². The Labute approximate surface area is 96.8 Å². The van der Waals surface area contributed by atoms with Gasteiger partial charge in [-0.05, 0) is 34.5 Å². The van der Waals surface area contributed by atoms with Crippen LogP contribution in [0.3, 0.4) is 0 Å². The fourth-order valence-electron chi connectivity index (χ4n) is 1.74. The highest BCUT2D eigenvalue weighted by Crippen LogP contribution is 2.28. The van der Waals surface area contributed by atoms with Crippen LogP contribution < -0.4 is 4.90 Å². The smallest absolute Gasteiger partial charge is 0.229 e. The molecule has 0 aromatic heterocycles. The molecule has 0 saturated carbocycles. The van der Waals surface area contributed by atoms with E-state index in [1.165, 1.54) is 0 Å². The third-order valence-electron chi connectivity index (χ3n) is 2.54. The molecule has 1 N–H and O–H groups in total. The summed E-state index contributed by atoms with van der Waals surface area (Å²) in [6.07, 6.45) is 0.394. The van der Waals surface area contributed by atoms with Crippen molar-refractivity contribution in [3.8, 4) is 0 Å². The molecular formula is C11H12BrNO2. The van der Waals surface area contributed by atoms with Crippen LogP contribution in [0.2, 0.25) is 0 Å². The Bertz CT molecular complexity index is 381. The number of aliphatic hydroxyl groups is 1. The number of aliphatic hydroxyl groups excluding tert-OH is 1. The van der Waals surface area contributed by atoms with E-state index in [-0.39, 0.29) is 12.3 Å². The number of amides is 1. The first-order valence-corrected chi connectivity index (χ1v) is 5.71. The molecular weight excluding hydrogens is 258 g/mol. The zero-order valence-corrected chi connectivity index (χ0v) is 9.77. The second-order valence-electron chi connectivity index (χ2n) is 3.64. The molecule has 2 rings (SSSR count). The van der Waals surface area contributed by atoms with Crippen LogP contribution in [-0.2, 0) is 4.79 Å². The third-order valence-corrected chi connectivity index (χ3v) is 3.21. The highest BCUT2D eigenvalue weighted by molar-refractivity contribution is 9.10. The molecule has 4 heteroatoms. The van der Waals surface area contributed by atoms with Crippen molar-refractivity contribution < 1.29 is 9.90 Å². The molecule has 15 heavy (non-hydrogen) atoms. The lowest BCUT2D eigenvalue weighted by Crippen LogP contribution is -2.40. The van der Waals surface area contributed by atoms with Crippen LogP contribution in [0.25, 0.3) is 0 Å². The van der Waals surface area contributed by atoms with Gasteiger partial charge in [0.25, 0.3) is 0 Å². The summed E-state index contributed by atoms with van der Waals surface area (Å²) in [4.78, 5) is 13.4. The maximum absolute atomic E-state index is 11.7. The van der Waals surface area contributed by atoms with Crippen molar-refractivity contribution in [3.05, 3.63) is 28.7 Å². The lowest BCUT2D eigenvalue weighted by Gasteiger charge is -2.30. The van der Waals surface area contributed by atoms with Crippen molar-refractivity contribution in [1.29, 1.82) is 0 Å². The minimum atomic E-state index is -0.476. The van der Waals surface area contributed by atoms with Gasteiger partial charge < -0.3 is 10.0 Å². The molecule has 1 fully saturated rings. The van der Waals surface area contributed by atoms with E-state index in [4.69, 9.17) is 0 Å². The average molecular weight is 270 g/mol. The first-order valence-electron chi connectivity index (χ1n) is 4.91. The lowest BCUT2D eigenvalue weighted by atomic mass is 10.1. The zero-order chi connectivity index (χ0) is 10.8. The highest BCUT2D eigenvalue weighted by atomic mass is 79.9. The van der Waals surface area contributed by atoms with Crippen LogP contribution in [0.1, 0.15) is 12.8 Å². The normalized spacial score (nSPS) is 21.9. The molecule has 80 valence electrons. The van der Waals surface area contributed by atoms with Gasteiger partial charge in [0.2, 0.25) is 5.91 Å². The van der Waals surface area contributed by atoms with Gasteiger partial charge in [0, 0.05) is 11.0 Å². The van der Waals surface area contributed by atoms with Crippen molar-refractivity contribution in [2.75, 3.05) is 11.4 Å². The van der Waals surface area contributed by atoms with Gasteiger partial charge in [0.1, 0.15) is 0 Å². The van der Waals surface area contributed by atoms with E-state index in [9.17, 15) is 9.90 Å². The van der Waals surface area contributed by atoms with Gasteiger partial charge in [-0.2, -0.15) is 0 Å². The van der Waals surface area contributed by atoms with Gasteiger partial charge in [-0.25, -0.2) is 0 Å². The predicted octanol–water partition coefficient (Wildman–Crippen LogP) is 1.94. The van der Waals surface area contributed by atoms with E-state index in [0.29, 0.717) is 13.0 Å². The van der Waals surface area contributed by atoms with E-state index in [1.54, 1.807) is 4.90 Å². The number of carbonyl (C=O) groups is 1. The Hall–Kier alpha value is -0.870. The fraction of sp³-hybridized carbons (Fsp3) is 0.364. The summed E-state index contributed by atoms with van der Waals surface area (Å²) in [5.41, 5.74) is 0.884. The standard InChI is InChI=1S/C11H12BrNO2/c12-9-3-1-2-4-10(9)13-6-5-8(14)7-11(13)15/h1-4,8,14H,5-7H2. The summed E-state index contributed by atoms with van der Waals surface area (Å²) in [6, 6.07) is 7.63. The molecule has 1 aromatic rings. The van der Waals surface area contributed by atoms with Gasteiger partial charge in [0.15, 0.2) is 0 Å². The summed E-state index contributed by atoms with van der Waals surface area (Å²) < 4.78 is 0.912. The topological polar surface area (TPSA) is 40.5 Å². The number of hydrogen-bond donors (Lipinski definition) is 1. The van der Waals surface area contributed by atoms with Gasteiger partial charge >= 0.3 is 0 Å². The van der Waals surface area contributed by atoms with E-state index in [1.807, 2.05) is 24.3 Å². The van der Waals surface area contributed by atoms with Gasteiger partial charge in [-0.3, -0.25) is 4.79 Å². The summed E-state index contributed by atoms with van der Waals surface area (Å²) in [5.74, 6) is -0.0133. The van der Waals surface area contributed by atoms with Crippen LogP contribution in [0.4, 0.5) is 5.69 Å². The number of para-hydroxylation sites is 1. The molecule has 1 unspecified atom stereocenters. The Balaban J connectivity index is 2.24. The Morgan fingerprint density at radius 3 is 2.80 bits per heavy atom. The van der Waals surface area contributed by atoms with Crippen molar-refractivity contribution >= 4 is 27.5 Å². The van der Waals surface area contributed by atoms with Gasteiger partial charge in [-0.1, -0.05) is 12.1 Å². The maximum atomic E-state index is 11.7. The fourth-order valence-corrected chi connectivity index (χ4v) is 2.24. The third kappa shape index (κ3) is 2.21. The molecule has 1 aromatic carbocycles. The lowest BCUT2D eigenvalue weighted by molar-refractivity contribution is -0.122. The van der Waals surface area contributed by atoms with E-state index < -0.39 is 6.10 Å². The van der Waals surface area contributed by atoms with Crippen LogP contribution in [0, 0.1) is 0 Å². The van der Waals surface area contributed by atoms with E-state index in [0.717, 1.165) is 10.2 Å². The number of benzene rings is 1. The van der Waals surface area contributed by atoms with E-state index >= 15 is 0 Å². The average Bonchev–Trinajstić information content (AvgIpc) is 2.20. The van der Waals surface area contributed by atoms with Gasteiger partial charge in [-0.15, -0.1) is 0 Å². The number of hydrogen-bond acceptors (Lipinski definition) is 2. The number of piperidine rings is 1. The quantitative estimate of drug-likeness (QED) is 0.847. The van der Waals surface area contributed by atoms with Crippen LogP contribution in [-0.4, -0.2) is 23.7 Å². The van der Waals surface area contributed by atoms with Crippen molar-refractivity contribution in [3.63, 3.8) is 0 Å². The molecule has 1 aliphatic rings. The number of rotatable bonds is 1. The first-order chi connectivity index (χ1) is 7.18.